The number of hydrogen-bond donors (Lipinski definition) is 1. The molecule has 0 spiro atoms. The van der Waals surface area contributed by atoms with Gasteiger partial charge in [0, 0.05) is 57.8 Å². The molecule has 36 heavy (non-hydrogen) atoms. The van der Waals surface area contributed by atoms with E-state index in [1.807, 2.05) is 12.1 Å². The van der Waals surface area contributed by atoms with E-state index in [1.165, 1.54) is 18.4 Å². The molecule has 1 aliphatic carbocycles. The van der Waals surface area contributed by atoms with E-state index in [1.54, 1.807) is 12.1 Å². The molecule has 0 aromatic heterocycles. The van der Waals surface area contributed by atoms with Gasteiger partial charge in [0.1, 0.15) is 5.82 Å². The number of carbonyl (C=O) groups is 1. The maximum absolute atomic E-state index is 14.3. The van der Waals surface area contributed by atoms with E-state index in [-0.39, 0.29) is 11.7 Å². The van der Waals surface area contributed by atoms with Gasteiger partial charge in [0.15, 0.2) is 0 Å². The number of benzene rings is 2. The highest BCUT2D eigenvalue weighted by molar-refractivity contribution is 5.76. The Morgan fingerprint density at radius 2 is 1.61 bits per heavy atom. The van der Waals surface area contributed by atoms with E-state index in [9.17, 15) is 9.18 Å². The quantitative estimate of drug-likeness (QED) is 0.581. The van der Waals surface area contributed by atoms with Gasteiger partial charge in [-0.1, -0.05) is 55.3 Å². The van der Waals surface area contributed by atoms with E-state index in [0.29, 0.717) is 24.4 Å². The molecule has 0 radical (unpaired) electrons. The molecule has 2 aliphatic heterocycles. The van der Waals surface area contributed by atoms with E-state index in [4.69, 9.17) is 0 Å². The molecule has 2 aromatic rings. The van der Waals surface area contributed by atoms with Gasteiger partial charge in [-0.15, -0.1) is 0 Å². The summed E-state index contributed by atoms with van der Waals surface area (Å²) in [6.45, 7) is 6.67. The zero-order chi connectivity index (χ0) is 24.7. The Bertz CT molecular complexity index is 972. The molecule has 2 heterocycles. The van der Waals surface area contributed by atoms with Crippen LogP contribution in [-0.2, 0) is 11.3 Å². The van der Waals surface area contributed by atoms with E-state index in [0.717, 1.165) is 77.2 Å². The monoisotopic (exact) mass is 492 g/mol. The van der Waals surface area contributed by atoms with Gasteiger partial charge in [-0.3, -0.25) is 14.6 Å². The topological polar surface area (TPSA) is 38.8 Å². The molecule has 3 fully saturated rings. The lowest BCUT2D eigenvalue weighted by Crippen LogP contribution is -2.57. The highest BCUT2D eigenvalue weighted by Gasteiger charge is 2.35. The van der Waals surface area contributed by atoms with Crippen molar-refractivity contribution in [2.45, 2.75) is 63.6 Å². The summed E-state index contributed by atoms with van der Waals surface area (Å²) in [7, 11) is 0. The highest BCUT2D eigenvalue weighted by Crippen LogP contribution is 2.30. The highest BCUT2D eigenvalue weighted by atomic mass is 19.1. The number of anilines is 1. The van der Waals surface area contributed by atoms with E-state index < -0.39 is 0 Å². The molecule has 3 aliphatic rings. The van der Waals surface area contributed by atoms with Crippen LogP contribution in [0.1, 0.15) is 50.5 Å². The average Bonchev–Trinajstić information content (AvgIpc) is 3.42. The zero-order valence-corrected chi connectivity index (χ0v) is 21.5. The van der Waals surface area contributed by atoms with E-state index >= 15 is 0 Å². The minimum absolute atomic E-state index is 0.133. The molecule has 0 bridgehead atoms. The minimum atomic E-state index is -0.133. The SMILES string of the molecule is O=C(CC[C@@H]1CN(Cc2ccccc2)CC[C@@H]1N1CCN(c2ccccc2F)CC1)NC1CCCC1. The molecule has 194 valence electrons. The lowest BCUT2D eigenvalue weighted by atomic mass is 9.86. The third-order valence-electron chi connectivity index (χ3n) is 8.47. The minimum Gasteiger partial charge on any atom is -0.367 e. The van der Waals surface area contributed by atoms with Crippen LogP contribution in [0.15, 0.2) is 54.6 Å². The molecule has 6 heteroatoms. The number of nitrogens with one attached hydrogen (secondary N) is 1. The maximum Gasteiger partial charge on any atom is 0.220 e. The van der Waals surface area contributed by atoms with E-state index in [2.05, 4.69) is 50.3 Å². The third kappa shape index (κ3) is 6.46. The standard InChI is InChI=1S/C30H41FN4O/c31-27-12-6-7-13-29(27)35-20-18-34(19-21-35)28-16-17-33(22-24-8-2-1-3-9-24)23-25(28)14-15-30(36)32-26-10-4-5-11-26/h1-3,6-9,12-13,25-26,28H,4-5,10-11,14-23H2,(H,32,36)/t25-,28+/m1/s1. The molecular formula is C30H41FN4O. The number of rotatable bonds is 8. The van der Waals surface area contributed by atoms with Gasteiger partial charge < -0.3 is 10.2 Å². The lowest BCUT2D eigenvalue weighted by Gasteiger charge is -2.47. The second-order valence-corrected chi connectivity index (χ2v) is 10.9. The third-order valence-corrected chi connectivity index (χ3v) is 8.47. The molecule has 1 saturated carbocycles. The Balaban J connectivity index is 1.20. The second-order valence-electron chi connectivity index (χ2n) is 10.9. The average molecular weight is 493 g/mol. The number of para-hydroxylation sites is 1. The van der Waals surface area contributed by atoms with Gasteiger partial charge in [0.25, 0.3) is 0 Å². The fourth-order valence-electron chi connectivity index (χ4n) is 6.53. The number of amides is 1. The Hall–Kier alpha value is -2.44. The van der Waals surface area contributed by atoms with Crippen molar-refractivity contribution in [1.82, 2.24) is 15.1 Å². The van der Waals surface area contributed by atoms with Crippen molar-refractivity contribution in [2.75, 3.05) is 44.2 Å². The summed E-state index contributed by atoms with van der Waals surface area (Å²) < 4.78 is 14.3. The molecule has 5 nitrogen and oxygen atoms in total. The van der Waals surface area contributed by atoms with Crippen LogP contribution in [0.5, 0.6) is 0 Å². The van der Waals surface area contributed by atoms with Gasteiger partial charge >= 0.3 is 0 Å². The van der Waals surface area contributed by atoms with Gasteiger partial charge in [-0.2, -0.15) is 0 Å². The number of piperazine rings is 1. The van der Waals surface area contributed by atoms with Crippen molar-refractivity contribution < 1.29 is 9.18 Å². The van der Waals surface area contributed by atoms with Crippen LogP contribution in [0, 0.1) is 11.7 Å². The molecule has 2 saturated heterocycles. The van der Waals surface area contributed by atoms with Crippen LogP contribution < -0.4 is 10.2 Å². The summed E-state index contributed by atoms with van der Waals surface area (Å²) in [6, 6.07) is 18.7. The number of halogens is 1. The van der Waals surface area contributed by atoms with Crippen LogP contribution in [0.4, 0.5) is 10.1 Å². The van der Waals surface area contributed by atoms with Crippen LogP contribution in [0.2, 0.25) is 0 Å². The van der Waals surface area contributed by atoms with Crippen LogP contribution >= 0.6 is 0 Å². The largest absolute Gasteiger partial charge is 0.367 e. The summed E-state index contributed by atoms with van der Waals surface area (Å²) in [5.41, 5.74) is 2.07. The van der Waals surface area contributed by atoms with Gasteiger partial charge in [-0.05, 0) is 55.8 Å². The zero-order valence-electron chi connectivity index (χ0n) is 21.5. The van der Waals surface area contributed by atoms with Gasteiger partial charge in [-0.25, -0.2) is 4.39 Å². The fourth-order valence-corrected chi connectivity index (χ4v) is 6.53. The van der Waals surface area contributed by atoms with Crippen LogP contribution in [-0.4, -0.2) is 67.1 Å². The van der Waals surface area contributed by atoms with Crippen molar-refractivity contribution in [3.05, 3.63) is 66.0 Å². The molecule has 5 rings (SSSR count). The Kier molecular flexibility index (Phi) is 8.55. The first-order valence-corrected chi connectivity index (χ1v) is 13.9. The lowest BCUT2D eigenvalue weighted by molar-refractivity contribution is -0.122. The Labute approximate surface area is 215 Å². The van der Waals surface area contributed by atoms with Crippen molar-refractivity contribution >= 4 is 11.6 Å². The summed E-state index contributed by atoms with van der Waals surface area (Å²) in [5.74, 6) is 0.563. The predicted octanol–water partition coefficient (Wildman–Crippen LogP) is 4.68. The first-order chi connectivity index (χ1) is 17.7. The van der Waals surface area contributed by atoms with Gasteiger partial charge in [0.2, 0.25) is 5.91 Å². The number of carbonyl (C=O) groups excluding carboxylic acids is 1. The normalized spacial score (nSPS) is 24.2. The maximum atomic E-state index is 14.3. The number of likely N-dealkylation sites (tertiary alicyclic amines) is 1. The van der Waals surface area contributed by atoms with Crippen molar-refractivity contribution in [1.29, 1.82) is 0 Å². The summed E-state index contributed by atoms with van der Waals surface area (Å²) >= 11 is 0. The smallest absolute Gasteiger partial charge is 0.220 e. The summed E-state index contributed by atoms with van der Waals surface area (Å²) in [6.07, 6.45) is 7.42. The Morgan fingerprint density at radius 1 is 0.889 bits per heavy atom. The molecule has 2 atom stereocenters. The van der Waals surface area contributed by atoms with Crippen molar-refractivity contribution in [3.8, 4) is 0 Å². The summed E-state index contributed by atoms with van der Waals surface area (Å²) in [4.78, 5) is 20.1. The molecule has 0 unspecified atom stereocenters. The Morgan fingerprint density at radius 3 is 2.36 bits per heavy atom. The first kappa shape index (κ1) is 25.2. The molecule has 1 amide bonds. The van der Waals surface area contributed by atoms with Crippen LogP contribution in [0.3, 0.4) is 0 Å². The number of hydrogen-bond acceptors (Lipinski definition) is 4. The molecular weight excluding hydrogens is 451 g/mol. The molecule has 2 aromatic carbocycles. The predicted molar refractivity (Wildman–Crippen MR) is 143 cm³/mol. The van der Waals surface area contributed by atoms with Crippen molar-refractivity contribution in [2.24, 2.45) is 5.92 Å². The fraction of sp³-hybridized carbons (Fsp3) is 0.567. The first-order valence-electron chi connectivity index (χ1n) is 13.9. The second kappa shape index (κ2) is 12.2. The molecule has 1 N–H and O–H groups in total. The number of piperidine rings is 1. The van der Waals surface area contributed by atoms with Gasteiger partial charge in [0.05, 0.1) is 5.69 Å². The van der Waals surface area contributed by atoms with Crippen LogP contribution in [0.25, 0.3) is 0 Å². The van der Waals surface area contributed by atoms with Crippen molar-refractivity contribution in [3.63, 3.8) is 0 Å². The number of nitrogens with zero attached hydrogens (tertiary/aromatic N) is 3. The summed E-state index contributed by atoms with van der Waals surface area (Å²) in [5, 5.41) is 3.28.